The van der Waals surface area contributed by atoms with E-state index in [-0.39, 0.29) is 5.88 Å². The number of likely N-dealkylation sites (tertiary alicyclic amines) is 1. The van der Waals surface area contributed by atoms with Crippen molar-refractivity contribution in [2.75, 3.05) is 13.1 Å². The Kier molecular flexibility index (Phi) is 5.00. The van der Waals surface area contributed by atoms with Crippen LogP contribution in [0, 0.1) is 0 Å². The van der Waals surface area contributed by atoms with E-state index >= 15 is 0 Å². The Balaban J connectivity index is 1.73. The van der Waals surface area contributed by atoms with E-state index in [1.807, 2.05) is 22.8 Å². The summed E-state index contributed by atoms with van der Waals surface area (Å²) >= 11 is 3.46. The van der Waals surface area contributed by atoms with E-state index in [1.54, 1.807) is 12.1 Å². The second kappa shape index (κ2) is 7.58. The Morgan fingerprint density at radius 1 is 1.22 bits per heavy atom. The monoisotopic (exact) mass is 428 g/mol. The second-order valence-corrected chi connectivity index (χ2v) is 7.53. The minimum Gasteiger partial charge on any atom is -0.493 e. The number of fused-ring (bicyclic) bond motifs is 1. The van der Waals surface area contributed by atoms with Crippen LogP contribution in [0.5, 0.6) is 5.88 Å². The molecule has 0 radical (unpaired) electrons. The van der Waals surface area contributed by atoms with Gasteiger partial charge in [-0.3, -0.25) is 14.3 Å². The number of pyridine rings is 1. The Bertz CT molecular complexity index is 1010. The first-order valence-electron chi connectivity index (χ1n) is 8.84. The maximum atomic E-state index is 12.2. The van der Waals surface area contributed by atoms with Gasteiger partial charge in [0, 0.05) is 40.7 Å². The van der Waals surface area contributed by atoms with E-state index in [0.717, 1.165) is 28.5 Å². The molecule has 1 amide bonds. The first-order valence-corrected chi connectivity index (χ1v) is 9.63. The third-order valence-corrected chi connectivity index (χ3v) is 5.33. The largest absolute Gasteiger partial charge is 0.493 e. The van der Waals surface area contributed by atoms with Crippen LogP contribution in [0.1, 0.15) is 23.2 Å². The molecule has 138 valence electrons. The average molecular weight is 429 g/mol. The highest BCUT2D eigenvalue weighted by molar-refractivity contribution is 9.10. The number of aromatic nitrogens is 2. The molecule has 0 spiro atoms. The third kappa shape index (κ3) is 3.63. The number of nitrogens with one attached hydrogen (secondary N) is 1. The van der Waals surface area contributed by atoms with Crippen LogP contribution in [0.3, 0.4) is 0 Å². The summed E-state index contributed by atoms with van der Waals surface area (Å²) in [4.78, 5) is 17.5. The molecule has 4 rings (SSSR count). The smallest absolute Gasteiger partial charge is 0.295 e. The number of quaternary nitrogens is 1. The number of amides is 1. The standard InChI is InChI=1S/C19H18BrN5O2/c20-14-3-4-16-15(11-14)17(19(27)25(16)12-24-9-1-2-10-24)22-23-18(26)13-5-7-21-8-6-13/h3-8,11,27H,1-2,9-10,12H2/p+1. The zero-order valence-electron chi connectivity index (χ0n) is 14.6. The van der Waals surface area contributed by atoms with Gasteiger partial charge in [-0.1, -0.05) is 15.9 Å². The SMILES string of the molecule is O=C(N=Nc1c(O)n(C[NH+]2CCCC2)c2ccc(Br)cc12)c1ccncc1. The predicted octanol–water partition coefficient (Wildman–Crippen LogP) is 3.06. The molecule has 7 nitrogen and oxygen atoms in total. The summed E-state index contributed by atoms with van der Waals surface area (Å²) in [6, 6.07) is 8.92. The van der Waals surface area contributed by atoms with E-state index in [4.69, 9.17) is 0 Å². The number of azo groups is 1. The topological polar surface area (TPSA) is 84.3 Å². The molecule has 3 aromatic rings. The summed E-state index contributed by atoms with van der Waals surface area (Å²) in [6.45, 7) is 2.85. The quantitative estimate of drug-likeness (QED) is 0.626. The molecule has 0 atom stereocenters. The highest BCUT2D eigenvalue weighted by Gasteiger charge is 2.22. The van der Waals surface area contributed by atoms with Gasteiger partial charge in [-0.15, -0.1) is 10.2 Å². The maximum Gasteiger partial charge on any atom is 0.295 e. The van der Waals surface area contributed by atoms with E-state index < -0.39 is 5.91 Å². The lowest BCUT2D eigenvalue weighted by molar-refractivity contribution is -0.910. The number of nitrogens with zero attached hydrogens (tertiary/aromatic N) is 4. The number of benzene rings is 1. The van der Waals surface area contributed by atoms with Gasteiger partial charge in [-0.2, -0.15) is 0 Å². The lowest BCUT2D eigenvalue weighted by Crippen LogP contribution is -3.09. The lowest BCUT2D eigenvalue weighted by atomic mass is 10.2. The van der Waals surface area contributed by atoms with Crippen molar-refractivity contribution >= 4 is 38.4 Å². The molecular formula is C19H19BrN5O2+. The average Bonchev–Trinajstić information content (AvgIpc) is 3.28. The van der Waals surface area contributed by atoms with Crippen LogP contribution in [0.4, 0.5) is 5.69 Å². The van der Waals surface area contributed by atoms with Gasteiger partial charge in [-0.25, -0.2) is 0 Å². The zero-order valence-corrected chi connectivity index (χ0v) is 16.2. The number of halogens is 1. The number of carbonyl (C=O) groups is 1. The fraction of sp³-hybridized carbons (Fsp3) is 0.263. The summed E-state index contributed by atoms with van der Waals surface area (Å²) in [6.07, 6.45) is 5.46. The van der Waals surface area contributed by atoms with Crippen molar-refractivity contribution in [3.05, 3.63) is 52.8 Å². The molecule has 1 aliphatic heterocycles. The minimum absolute atomic E-state index is 0.0359. The van der Waals surface area contributed by atoms with Crippen molar-refractivity contribution < 1.29 is 14.8 Å². The maximum absolute atomic E-state index is 12.2. The summed E-state index contributed by atoms with van der Waals surface area (Å²) in [7, 11) is 0. The highest BCUT2D eigenvalue weighted by atomic mass is 79.9. The molecule has 8 heteroatoms. The van der Waals surface area contributed by atoms with Gasteiger partial charge < -0.3 is 10.0 Å². The lowest BCUT2D eigenvalue weighted by Gasteiger charge is -2.14. The summed E-state index contributed by atoms with van der Waals surface area (Å²) in [5.41, 5.74) is 1.59. The second-order valence-electron chi connectivity index (χ2n) is 6.62. The molecule has 0 bridgehead atoms. The Morgan fingerprint density at radius 3 is 2.70 bits per heavy atom. The van der Waals surface area contributed by atoms with Gasteiger partial charge in [0.25, 0.3) is 5.91 Å². The van der Waals surface area contributed by atoms with Crippen molar-refractivity contribution in [3.63, 3.8) is 0 Å². The van der Waals surface area contributed by atoms with Crippen LogP contribution in [-0.2, 0) is 6.67 Å². The van der Waals surface area contributed by atoms with Crippen LogP contribution in [0.2, 0.25) is 0 Å². The van der Waals surface area contributed by atoms with Gasteiger partial charge >= 0.3 is 0 Å². The van der Waals surface area contributed by atoms with E-state index in [9.17, 15) is 9.90 Å². The van der Waals surface area contributed by atoms with Gasteiger partial charge in [0.1, 0.15) is 0 Å². The minimum atomic E-state index is -0.474. The number of carbonyl (C=O) groups excluding carboxylic acids is 1. The van der Waals surface area contributed by atoms with Gasteiger partial charge in [0.2, 0.25) is 5.88 Å². The molecular weight excluding hydrogens is 410 g/mol. The van der Waals surface area contributed by atoms with Crippen molar-refractivity contribution in [1.82, 2.24) is 9.55 Å². The molecule has 0 unspecified atom stereocenters. The van der Waals surface area contributed by atoms with Crippen LogP contribution in [-0.4, -0.2) is 33.7 Å². The first-order chi connectivity index (χ1) is 13.1. The molecule has 2 aromatic heterocycles. The van der Waals surface area contributed by atoms with Gasteiger partial charge in [-0.05, 0) is 30.3 Å². The molecule has 0 saturated carbocycles. The zero-order chi connectivity index (χ0) is 18.8. The van der Waals surface area contributed by atoms with Crippen LogP contribution < -0.4 is 4.90 Å². The summed E-state index contributed by atoms with van der Waals surface area (Å²) < 4.78 is 2.73. The Hall–Kier alpha value is -2.58. The van der Waals surface area contributed by atoms with E-state index in [1.165, 1.54) is 30.1 Å². The highest BCUT2D eigenvalue weighted by Crippen LogP contribution is 2.39. The first kappa shape index (κ1) is 17.8. The number of aromatic hydroxyl groups is 1. The van der Waals surface area contributed by atoms with Crippen molar-refractivity contribution in [2.24, 2.45) is 10.2 Å². The Morgan fingerprint density at radius 2 is 1.96 bits per heavy atom. The fourth-order valence-corrected chi connectivity index (χ4v) is 3.82. The number of hydrogen-bond acceptors (Lipinski definition) is 4. The molecule has 1 aromatic carbocycles. The molecule has 1 saturated heterocycles. The third-order valence-electron chi connectivity index (χ3n) is 4.83. The normalized spacial score (nSPS) is 15.1. The number of hydrogen-bond donors (Lipinski definition) is 2. The summed E-state index contributed by atoms with van der Waals surface area (Å²) in [5.74, 6) is -0.438. The van der Waals surface area contributed by atoms with Crippen LogP contribution in [0.15, 0.2) is 57.4 Å². The predicted molar refractivity (Wildman–Crippen MR) is 104 cm³/mol. The summed E-state index contributed by atoms with van der Waals surface area (Å²) in [5, 5.41) is 19.5. The van der Waals surface area contributed by atoms with Gasteiger partial charge in [0.05, 0.1) is 18.6 Å². The molecule has 2 N–H and O–H groups in total. The molecule has 3 heterocycles. The van der Waals surface area contributed by atoms with Crippen LogP contribution >= 0.6 is 15.9 Å². The van der Waals surface area contributed by atoms with Crippen molar-refractivity contribution in [3.8, 4) is 5.88 Å². The van der Waals surface area contributed by atoms with Crippen molar-refractivity contribution in [1.29, 1.82) is 0 Å². The van der Waals surface area contributed by atoms with E-state index in [2.05, 4.69) is 31.1 Å². The Labute approximate surface area is 164 Å². The fourth-order valence-electron chi connectivity index (χ4n) is 3.46. The molecule has 0 aliphatic carbocycles. The van der Waals surface area contributed by atoms with E-state index in [0.29, 0.717) is 17.9 Å². The number of rotatable bonds is 4. The molecule has 1 aliphatic rings. The molecule has 1 fully saturated rings. The van der Waals surface area contributed by atoms with Crippen LogP contribution in [0.25, 0.3) is 10.9 Å². The van der Waals surface area contributed by atoms with Gasteiger partial charge in [0.15, 0.2) is 12.4 Å². The van der Waals surface area contributed by atoms with Crippen molar-refractivity contribution in [2.45, 2.75) is 19.5 Å². The molecule has 27 heavy (non-hydrogen) atoms.